The third kappa shape index (κ3) is 5.86. The van der Waals surface area contributed by atoms with Crippen molar-refractivity contribution in [3.8, 4) is 0 Å². The average Bonchev–Trinajstić information content (AvgIpc) is 2.90. The molecule has 0 radical (unpaired) electrons. The maximum Gasteiger partial charge on any atom is 0.266 e. The average molecular weight is 457 g/mol. The van der Waals surface area contributed by atoms with Crippen LogP contribution in [0, 0.1) is 11.6 Å². The number of sulfonamides is 1. The van der Waals surface area contributed by atoms with E-state index in [1.54, 1.807) is 0 Å². The molecule has 6 nitrogen and oxygen atoms in total. The van der Waals surface area contributed by atoms with Crippen molar-refractivity contribution in [2.75, 3.05) is 6.54 Å². The fourth-order valence-electron chi connectivity index (χ4n) is 1.98. The molecule has 0 saturated heterocycles. The Morgan fingerprint density at radius 1 is 1.15 bits per heavy atom. The van der Waals surface area contributed by atoms with Gasteiger partial charge in [0.1, 0.15) is 20.9 Å². The molecule has 0 aliphatic rings. The smallest absolute Gasteiger partial charge is 0.266 e. The Balaban J connectivity index is 1.82. The summed E-state index contributed by atoms with van der Waals surface area (Å²) in [5.41, 5.74) is -0.340. The summed E-state index contributed by atoms with van der Waals surface area (Å²) in [7, 11) is -4.15. The van der Waals surface area contributed by atoms with Crippen molar-refractivity contribution >= 4 is 56.4 Å². The summed E-state index contributed by atoms with van der Waals surface area (Å²) >= 11 is 12.3. The van der Waals surface area contributed by atoms with Gasteiger partial charge in [-0.15, -0.1) is 11.3 Å². The normalized spacial score (nSPS) is 11.3. The summed E-state index contributed by atoms with van der Waals surface area (Å²) in [6.07, 6.45) is -0.130. The second kappa shape index (κ2) is 8.96. The lowest BCUT2D eigenvalue weighted by atomic mass is 10.2. The van der Waals surface area contributed by atoms with Crippen molar-refractivity contribution in [1.29, 1.82) is 0 Å². The van der Waals surface area contributed by atoms with E-state index in [2.05, 4.69) is 5.32 Å². The van der Waals surface area contributed by atoms with Crippen molar-refractivity contribution in [2.24, 2.45) is 0 Å². The zero-order valence-electron chi connectivity index (χ0n) is 13.4. The van der Waals surface area contributed by atoms with Gasteiger partial charge in [0.25, 0.3) is 15.9 Å². The van der Waals surface area contributed by atoms with E-state index < -0.39 is 33.5 Å². The minimum Gasteiger partial charge on any atom is -0.352 e. The van der Waals surface area contributed by atoms with Crippen LogP contribution >= 0.6 is 34.5 Å². The van der Waals surface area contributed by atoms with E-state index >= 15 is 0 Å². The molecule has 2 amide bonds. The van der Waals surface area contributed by atoms with Gasteiger partial charge in [-0.05, 0) is 24.6 Å². The Hall–Kier alpha value is -1.75. The Labute approximate surface area is 167 Å². The summed E-state index contributed by atoms with van der Waals surface area (Å²) in [5, 5.41) is 2.35. The monoisotopic (exact) mass is 456 g/mol. The van der Waals surface area contributed by atoms with E-state index in [1.807, 2.05) is 4.72 Å². The van der Waals surface area contributed by atoms with Crippen LogP contribution < -0.4 is 10.0 Å². The summed E-state index contributed by atoms with van der Waals surface area (Å²) in [6, 6.07) is 3.64. The Morgan fingerprint density at radius 3 is 2.44 bits per heavy atom. The van der Waals surface area contributed by atoms with Gasteiger partial charge in [0.15, 0.2) is 0 Å². The van der Waals surface area contributed by atoms with E-state index in [1.165, 1.54) is 0 Å². The largest absolute Gasteiger partial charge is 0.352 e. The zero-order chi connectivity index (χ0) is 20.2. The molecule has 146 valence electrons. The molecular weight excluding hydrogens is 445 g/mol. The number of carbonyl (C=O) groups is 2. The van der Waals surface area contributed by atoms with Crippen LogP contribution in [0.25, 0.3) is 0 Å². The number of nitrogens with one attached hydrogen (secondary N) is 2. The molecular formula is C15H12Cl2F2N2O4S2. The third-order valence-electron chi connectivity index (χ3n) is 3.21. The molecule has 0 fully saturated rings. The van der Waals surface area contributed by atoms with Crippen molar-refractivity contribution < 1.29 is 26.8 Å². The number of rotatable bonds is 7. The van der Waals surface area contributed by atoms with Gasteiger partial charge in [-0.2, -0.15) is 0 Å². The van der Waals surface area contributed by atoms with Gasteiger partial charge < -0.3 is 5.32 Å². The maximum atomic E-state index is 13.5. The highest BCUT2D eigenvalue weighted by atomic mass is 35.5. The first-order valence-corrected chi connectivity index (χ1v) is 10.4. The SMILES string of the molecule is O=C(CCCNC(=O)c1ccc(F)cc1F)NS(=O)(=O)c1cc(Cl)sc1Cl. The highest BCUT2D eigenvalue weighted by Gasteiger charge is 2.23. The Morgan fingerprint density at radius 2 is 1.85 bits per heavy atom. The molecule has 1 aromatic carbocycles. The molecule has 0 aliphatic carbocycles. The predicted molar refractivity (Wildman–Crippen MR) is 97.6 cm³/mol. The van der Waals surface area contributed by atoms with Crippen LogP contribution in [0.3, 0.4) is 0 Å². The minimum atomic E-state index is -4.15. The van der Waals surface area contributed by atoms with Crippen LogP contribution in [-0.4, -0.2) is 26.8 Å². The number of amides is 2. The van der Waals surface area contributed by atoms with Crippen molar-refractivity contribution in [3.05, 3.63) is 50.1 Å². The van der Waals surface area contributed by atoms with Crippen LogP contribution in [0.5, 0.6) is 0 Å². The number of benzene rings is 1. The van der Waals surface area contributed by atoms with Gasteiger partial charge in [0.2, 0.25) is 5.91 Å². The lowest BCUT2D eigenvalue weighted by Crippen LogP contribution is -2.31. The van der Waals surface area contributed by atoms with Gasteiger partial charge in [0.05, 0.1) is 9.90 Å². The second-order valence-corrected chi connectivity index (χ2v) is 9.14. The molecule has 1 aromatic heterocycles. The number of halogens is 4. The van der Waals surface area contributed by atoms with Crippen molar-refractivity contribution in [1.82, 2.24) is 10.0 Å². The topological polar surface area (TPSA) is 92.3 Å². The quantitative estimate of drug-likeness (QED) is 0.624. The first kappa shape index (κ1) is 21.5. The van der Waals surface area contributed by atoms with Gasteiger partial charge in [-0.25, -0.2) is 21.9 Å². The number of hydrogen-bond acceptors (Lipinski definition) is 5. The van der Waals surface area contributed by atoms with Gasteiger partial charge in [0, 0.05) is 19.0 Å². The first-order valence-electron chi connectivity index (χ1n) is 7.34. The standard InChI is InChI=1S/C15H12Cl2F2N2O4S2/c16-12-7-11(14(17)26-12)27(24,25)21-13(22)2-1-5-20-15(23)9-4-3-8(18)6-10(9)19/h3-4,6-7H,1-2,5H2,(H,20,23)(H,21,22). The van der Waals surface area contributed by atoms with Gasteiger partial charge in [-0.1, -0.05) is 23.2 Å². The number of hydrogen-bond donors (Lipinski definition) is 2. The highest BCUT2D eigenvalue weighted by Crippen LogP contribution is 2.34. The summed E-state index contributed by atoms with van der Waals surface area (Å²) < 4.78 is 52.3. The van der Waals surface area contributed by atoms with Gasteiger partial charge in [-0.3, -0.25) is 9.59 Å². The maximum absolute atomic E-state index is 13.5. The minimum absolute atomic E-state index is 0.0197. The summed E-state index contributed by atoms with van der Waals surface area (Å²) in [5.74, 6) is -3.41. The third-order valence-corrected chi connectivity index (χ3v) is 6.33. The lowest BCUT2D eigenvalue weighted by Gasteiger charge is -2.07. The van der Waals surface area contributed by atoms with Crippen LogP contribution in [0.4, 0.5) is 8.78 Å². The number of thiophene rings is 1. The molecule has 0 atom stereocenters. The molecule has 2 N–H and O–H groups in total. The van der Waals surface area contributed by atoms with E-state index in [9.17, 15) is 26.8 Å². The van der Waals surface area contributed by atoms with Crippen molar-refractivity contribution in [3.63, 3.8) is 0 Å². The zero-order valence-corrected chi connectivity index (χ0v) is 16.5. The molecule has 27 heavy (non-hydrogen) atoms. The molecule has 2 rings (SSSR count). The predicted octanol–water partition coefficient (Wildman–Crippen LogP) is 3.35. The second-order valence-electron chi connectivity index (χ2n) is 5.20. The van der Waals surface area contributed by atoms with Crippen LogP contribution in [-0.2, 0) is 14.8 Å². The molecule has 12 heteroatoms. The first-order chi connectivity index (χ1) is 12.6. The van der Waals surface area contributed by atoms with E-state index in [0.717, 1.165) is 29.5 Å². The summed E-state index contributed by atoms with van der Waals surface area (Å²) in [4.78, 5) is 23.3. The van der Waals surface area contributed by atoms with Crippen LogP contribution in [0.1, 0.15) is 23.2 Å². The molecule has 1 heterocycles. The molecule has 0 aliphatic heterocycles. The fraction of sp³-hybridized carbons (Fsp3) is 0.200. The van der Waals surface area contributed by atoms with Crippen LogP contribution in [0.2, 0.25) is 8.67 Å². The highest BCUT2D eigenvalue weighted by molar-refractivity contribution is 7.90. The number of carbonyl (C=O) groups excluding carboxylic acids is 2. The molecule has 0 spiro atoms. The summed E-state index contributed by atoms with van der Waals surface area (Å²) in [6.45, 7) is -0.0197. The molecule has 0 bridgehead atoms. The van der Waals surface area contributed by atoms with Crippen LogP contribution in [0.15, 0.2) is 29.2 Å². The van der Waals surface area contributed by atoms with E-state index in [-0.39, 0.29) is 38.5 Å². The Bertz CT molecular complexity index is 980. The van der Waals surface area contributed by atoms with Crippen molar-refractivity contribution in [2.45, 2.75) is 17.7 Å². The fourth-order valence-corrected chi connectivity index (χ4v) is 5.15. The molecule has 0 unspecified atom stereocenters. The van der Waals surface area contributed by atoms with E-state index in [4.69, 9.17) is 23.2 Å². The van der Waals surface area contributed by atoms with E-state index in [0.29, 0.717) is 6.07 Å². The lowest BCUT2D eigenvalue weighted by molar-refractivity contribution is -0.119. The Kier molecular flexibility index (Phi) is 7.15. The molecule has 2 aromatic rings. The molecule has 0 saturated carbocycles. The van der Waals surface area contributed by atoms with Gasteiger partial charge >= 0.3 is 0 Å².